The summed E-state index contributed by atoms with van der Waals surface area (Å²) in [5.74, 6) is 1.21. The molecule has 6 rings (SSSR count). The average Bonchev–Trinajstić information content (AvgIpc) is 3.61. The molecule has 4 heterocycles. The zero-order valence-electron chi connectivity index (χ0n) is 24.2. The van der Waals surface area contributed by atoms with E-state index in [-0.39, 0.29) is 17.2 Å². The maximum atomic E-state index is 14.1. The Kier molecular flexibility index (Phi) is 8.62. The topological polar surface area (TPSA) is 105 Å². The maximum Gasteiger partial charge on any atom is 0.275 e. The highest BCUT2D eigenvalue weighted by atomic mass is 16.5. The van der Waals surface area contributed by atoms with E-state index in [1.807, 2.05) is 64.4 Å². The summed E-state index contributed by atoms with van der Waals surface area (Å²) in [6.45, 7) is 4.07. The Hall–Kier alpha value is -4.73. The van der Waals surface area contributed by atoms with Crippen molar-refractivity contribution < 1.29 is 18.7 Å². The first kappa shape index (κ1) is 28.4. The first-order chi connectivity index (χ1) is 21.1. The SMILES string of the molecule is O=C(c1cocn1)N1CCC2(CCCN(c3cnccn3)CCN(Cc3ccccc3)C(=O)c3ccccc3OC2)CC1. The van der Waals surface area contributed by atoms with Gasteiger partial charge in [0.05, 0.1) is 18.4 Å². The fraction of sp³-hybridized carbons (Fsp3) is 0.364. The summed E-state index contributed by atoms with van der Waals surface area (Å²) in [6, 6.07) is 17.6. The Morgan fingerprint density at radius 3 is 2.47 bits per heavy atom. The van der Waals surface area contributed by atoms with E-state index >= 15 is 0 Å². The van der Waals surface area contributed by atoms with Crippen LogP contribution in [0.1, 0.15) is 52.1 Å². The molecular formula is C33H36N6O4. The number of oxazole rings is 1. The molecule has 0 aliphatic carbocycles. The molecule has 0 N–H and O–H groups in total. The number of fused-ring (bicyclic) bond motifs is 1. The second kappa shape index (κ2) is 13.1. The number of anilines is 1. The minimum Gasteiger partial charge on any atom is -0.492 e. The van der Waals surface area contributed by atoms with Crippen LogP contribution in [0.5, 0.6) is 5.75 Å². The molecule has 0 bridgehead atoms. The predicted molar refractivity (Wildman–Crippen MR) is 161 cm³/mol. The Balaban J connectivity index is 1.28. The fourth-order valence-electron chi connectivity index (χ4n) is 6.04. The lowest BCUT2D eigenvalue weighted by molar-refractivity contribution is 0.0360. The normalized spacial score (nSPS) is 17.8. The van der Waals surface area contributed by atoms with Gasteiger partial charge in [-0.25, -0.2) is 9.97 Å². The third kappa shape index (κ3) is 6.69. The quantitative estimate of drug-likeness (QED) is 0.342. The highest BCUT2D eigenvalue weighted by molar-refractivity contribution is 5.97. The van der Waals surface area contributed by atoms with Gasteiger partial charge in [0, 0.05) is 57.1 Å². The Bertz CT molecular complexity index is 1490. The van der Waals surface area contributed by atoms with Gasteiger partial charge in [0.1, 0.15) is 17.8 Å². The van der Waals surface area contributed by atoms with Gasteiger partial charge < -0.3 is 23.9 Å². The molecule has 10 nitrogen and oxygen atoms in total. The van der Waals surface area contributed by atoms with Gasteiger partial charge in [-0.3, -0.25) is 14.6 Å². The third-order valence-electron chi connectivity index (χ3n) is 8.57. The van der Waals surface area contributed by atoms with Crippen LogP contribution in [0.3, 0.4) is 0 Å². The third-order valence-corrected chi connectivity index (χ3v) is 8.57. The molecule has 43 heavy (non-hydrogen) atoms. The van der Waals surface area contributed by atoms with Crippen molar-refractivity contribution in [1.29, 1.82) is 0 Å². The molecule has 2 aliphatic heterocycles. The summed E-state index contributed by atoms with van der Waals surface area (Å²) < 4.78 is 11.6. The molecule has 222 valence electrons. The number of aromatic nitrogens is 3. The van der Waals surface area contributed by atoms with E-state index < -0.39 is 0 Å². The van der Waals surface area contributed by atoms with Crippen LogP contribution < -0.4 is 9.64 Å². The summed E-state index contributed by atoms with van der Waals surface area (Å²) in [5.41, 5.74) is 1.80. The molecule has 10 heteroatoms. The lowest BCUT2D eigenvalue weighted by Crippen LogP contribution is -2.46. The van der Waals surface area contributed by atoms with Crippen molar-refractivity contribution in [3.05, 3.63) is 103 Å². The number of rotatable bonds is 4. The largest absolute Gasteiger partial charge is 0.492 e. The molecule has 2 aromatic heterocycles. The zero-order valence-corrected chi connectivity index (χ0v) is 24.2. The van der Waals surface area contributed by atoms with Crippen LogP contribution in [0, 0.1) is 5.41 Å². The number of hydrogen-bond donors (Lipinski definition) is 0. The van der Waals surface area contributed by atoms with Crippen molar-refractivity contribution in [2.45, 2.75) is 32.2 Å². The van der Waals surface area contributed by atoms with Crippen LogP contribution in [-0.4, -0.2) is 75.9 Å². The van der Waals surface area contributed by atoms with Crippen LogP contribution >= 0.6 is 0 Å². The summed E-state index contributed by atoms with van der Waals surface area (Å²) in [5, 5.41) is 0. The monoisotopic (exact) mass is 580 g/mol. The number of hydrogen-bond acceptors (Lipinski definition) is 8. The lowest BCUT2D eigenvalue weighted by Gasteiger charge is -2.42. The summed E-state index contributed by atoms with van der Waals surface area (Å²) in [7, 11) is 0. The fourth-order valence-corrected chi connectivity index (χ4v) is 6.04. The van der Waals surface area contributed by atoms with Crippen molar-refractivity contribution >= 4 is 17.6 Å². The molecular weight excluding hydrogens is 544 g/mol. The Morgan fingerprint density at radius 2 is 1.70 bits per heavy atom. The van der Waals surface area contributed by atoms with Gasteiger partial charge >= 0.3 is 0 Å². The number of nitrogens with zero attached hydrogens (tertiary/aromatic N) is 6. The summed E-state index contributed by atoms with van der Waals surface area (Å²) in [4.78, 5) is 46.0. The van der Waals surface area contributed by atoms with E-state index in [1.165, 1.54) is 12.7 Å². The molecule has 0 unspecified atom stereocenters. The molecule has 0 saturated carbocycles. The van der Waals surface area contributed by atoms with E-state index in [9.17, 15) is 9.59 Å². The molecule has 4 aromatic rings. The van der Waals surface area contributed by atoms with E-state index in [2.05, 4.69) is 19.9 Å². The van der Waals surface area contributed by atoms with Gasteiger partial charge in [-0.15, -0.1) is 0 Å². The van der Waals surface area contributed by atoms with Gasteiger partial charge in [-0.1, -0.05) is 42.5 Å². The number of piperidine rings is 1. The number of likely N-dealkylation sites (tertiary alicyclic amines) is 1. The molecule has 1 saturated heterocycles. The first-order valence-electron chi connectivity index (χ1n) is 14.8. The van der Waals surface area contributed by atoms with Gasteiger partial charge in [-0.2, -0.15) is 0 Å². The van der Waals surface area contributed by atoms with Gasteiger partial charge in [-0.05, 0) is 43.4 Å². The minimum atomic E-state index is -0.150. The van der Waals surface area contributed by atoms with Crippen molar-refractivity contribution in [3.8, 4) is 5.75 Å². The lowest BCUT2D eigenvalue weighted by atomic mass is 9.75. The summed E-state index contributed by atoms with van der Waals surface area (Å²) >= 11 is 0. The van der Waals surface area contributed by atoms with Crippen LogP contribution in [-0.2, 0) is 6.54 Å². The number of amides is 2. The second-order valence-corrected chi connectivity index (χ2v) is 11.3. The zero-order chi connectivity index (χ0) is 29.5. The summed E-state index contributed by atoms with van der Waals surface area (Å²) in [6.07, 6.45) is 11.2. The van der Waals surface area contributed by atoms with Crippen molar-refractivity contribution in [1.82, 2.24) is 24.8 Å². The van der Waals surface area contributed by atoms with Gasteiger partial charge in [0.2, 0.25) is 0 Å². The molecule has 2 aliphatic rings. The number of para-hydroxylation sites is 1. The molecule has 2 aromatic carbocycles. The highest BCUT2D eigenvalue weighted by Gasteiger charge is 2.38. The van der Waals surface area contributed by atoms with Gasteiger partial charge in [0.15, 0.2) is 12.1 Å². The number of carbonyl (C=O) groups excluding carboxylic acids is 2. The molecule has 2 amide bonds. The number of ether oxygens (including phenoxy) is 1. The van der Waals surface area contributed by atoms with Gasteiger partial charge in [0.25, 0.3) is 11.8 Å². The standard InChI is InChI=1S/C33H36N6O4/c40-31-27-9-4-5-10-29(27)43-24-33(12-17-38(18-13-33)32(41)28-23-42-25-36-28)11-6-16-37(30-21-34-14-15-35-30)19-20-39(31)22-26-7-2-1-3-8-26/h1-5,7-10,14-15,21,23,25H,6,11-13,16-20,22,24H2. The van der Waals surface area contributed by atoms with Crippen molar-refractivity contribution in [2.75, 3.05) is 44.2 Å². The molecule has 0 atom stereocenters. The maximum absolute atomic E-state index is 14.1. The van der Waals surface area contributed by atoms with Crippen LogP contribution in [0.4, 0.5) is 5.82 Å². The Labute approximate surface area is 251 Å². The predicted octanol–water partition coefficient (Wildman–Crippen LogP) is 4.71. The highest BCUT2D eigenvalue weighted by Crippen LogP contribution is 2.38. The minimum absolute atomic E-state index is 0.0696. The van der Waals surface area contributed by atoms with Crippen molar-refractivity contribution in [3.63, 3.8) is 0 Å². The smallest absolute Gasteiger partial charge is 0.275 e. The van der Waals surface area contributed by atoms with E-state index in [0.29, 0.717) is 56.3 Å². The first-order valence-corrected chi connectivity index (χ1v) is 14.8. The average molecular weight is 581 g/mol. The Morgan fingerprint density at radius 1 is 0.884 bits per heavy atom. The van der Waals surface area contributed by atoms with Crippen molar-refractivity contribution in [2.24, 2.45) is 5.41 Å². The number of carbonyl (C=O) groups is 2. The van der Waals surface area contributed by atoms with E-state index in [0.717, 1.165) is 43.6 Å². The second-order valence-electron chi connectivity index (χ2n) is 11.3. The molecule has 0 radical (unpaired) electrons. The molecule has 1 fully saturated rings. The van der Waals surface area contributed by atoms with Crippen LogP contribution in [0.15, 0.2) is 90.3 Å². The van der Waals surface area contributed by atoms with E-state index in [4.69, 9.17) is 9.15 Å². The number of benzene rings is 2. The molecule has 1 spiro atoms. The van der Waals surface area contributed by atoms with Crippen LogP contribution in [0.25, 0.3) is 0 Å². The van der Waals surface area contributed by atoms with Crippen LogP contribution in [0.2, 0.25) is 0 Å². The van der Waals surface area contributed by atoms with E-state index in [1.54, 1.807) is 18.6 Å².